The van der Waals surface area contributed by atoms with Crippen molar-refractivity contribution in [3.8, 4) is 11.3 Å². The van der Waals surface area contributed by atoms with Crippen LogP contribution in [0.2, 0.25) is 0 Å². The predicted molar refractivity (Wildman–Crippen MR) is 60.9 cm³/mol. The van der Waals surface area contributed by atoms with E-state index in [2.05, 4.69) is 4.98 Å². The van der Waals surface area contributed by atoms with Gasteiger partial charge in [-0.3, -0.25) is 4.79 Å². The minimum absolute atomic E-state index is 0.0626. The molecule has 2 aromatic rings. The van der Waals surface area contributed by atoms with Crippen LogP contribution in [-0.2, 0) is 11.2 Å². The number of carbonyl (C=O) groups is 1. The first kappa shape index (κ1) is 13.1. The van der Waals surface area contributed by atoms with E-state index >= 15 is 0 Å². The van der Waals surface area contributed by atoms with Crippen molar-refractivity contribution in [3.05, 3.63) is 53.5 Å². The summed E-state index contributed by atoms with van der Waals surface area (Å²) in [5, 5.41) is 8.63. The lowest BCUT2D eigenvalue weighted by Crippen LogP contribution is -2.04. The summed E-state index contributed by atoms with van der Waals surface area (Å²) in [4.78, 5) is 14.3. The molecule has 98 valence electrons. The predicted octanol–water partition coefficient (Wildman–Crippen LogP) is 2.79. The molecule has 3 nitrogen and oxygen atoms in total. The number of carboxylic acid groups (broad SMARTS) is 1. The summed E-state index contributed by atoms with van der Waals surface area (Å²) in [5.74, 6) is -4.34. The number of hydrogen-bond acceptors (Lipinski definition) is 2. The molecule has 6 heteroatoms. The molecule has 0 saturated heterocycles. The second-order valence-electron chi connectivity index (χ2n) is 3.80. The minimum Gasteiger partial charge on any atom is -0.481 e. The molecule has 1 heterocycles. The molecule has 19 heavy (non-hydrogen) atoms. The van der Waals surface area contributed by atoms with Crippen LogP contribution in [0.3, 0.4) is 0 Å². The van der Waals surface area contributed by atoms with Crippen molar-refractivity contribution >= 4 is 5.97 Å². The first-order chi connectivity index (χ1) is 8.99. The van der Waals surface area contributed by atoms with Crippen molar-refractivity contribution in [2.24, 2.45) is 0 Å². The van der Waals surface area contributed by atoms with Crippen LogP contribution in [-0.4, -0.2) is 16.1 Å². The van der Waals surface area contributed by atoms with Gasteiger partial charge >= 0.3 is 5.97 Å². The molecule has 1 N–H and O–H groups in total. The Labute approximate surface area is 106 Å². The number of hydrogen-bond donors (Lipinski definition) is 1. The molecular weight excluding hydrogens is 259 g/mol. The third kappa shape index (κ3) is 2.73. The lowest BCUT2D eigenvalue weighted by atomic mass is 10.1. The fourth-order valence-corrected chi connectivity index (χ4v) is 1.61. The highest BCUT2D eigenvalue weighted by atomic mass is 19.2. The number of aliphatic carboxylic acids is 1. The zero-order valence-electron chi connectivity index (χ0n) is 9.53. The van der Waals surface area contributed by atoms with Crippen LogP contribution in [0.25, 0.3) is 11.3 Å². The Bertz CT molecular complexity index is 644. The van der Waals surface area contributed by atoms with Crippen molar-refractivity contribution in [2.75, 3.05) is 0 Å². The molecule has 0 unspecified atom stereocenters. The molecule has 0 aliphatic carbocycles. The average molecular weight is 267 g/mol. The van der Waals surface area contributed by atoms with Gasteiger partial charge in [-0.25, -0.2) is 18.2 Å². The lowest BCUT2D eigenvalue weighted by molar-refractivity contribution is -0.136. The van der Waals surface area contributed by atoms with Gasteiger partial charge in [0.25, 0.3) is 0 Å². The smallest absolute Gasteiger partial charge is 0.309 e. The van der Waals surface area contributed by atoms with Gasteiger partial charge in [0.2, 0.25) is 0 Å². The summed E-state index contributed by atoms with van der Waals surface area (Å²) >= 11 is 0. The monoisotopic (exact) mass is 267 g/mol. The Hall–Kier alpha value is -2.37. The van der Waals surface area contributed by atoms with Gasteiger partial charge in [0.15, 0.2) is 11.6 Å². The van der Waals surface area contributed by atoms with E-state index < -0.39 is 35.5 Å². The molecule has 0 amide bonds. The van der Waals surface area contributed by atoms with Gasteiger partial charge in [0, 0.05) is 5.56 Å². The SMILES string of the molecule is O=C(O)Cc1ccc(F)c(-c2cccc(F)c2F)n1. The Morgan fingerprint density at radius 1 is 1.11 bits per heavy atom. The maximum Gasteiger partial charge on any atom is 0.309 e. The van der Waals surface area contributed by atoms with Crippen molar-refractivity contribution in [3.63, 3.8) is 0 Å². The van der Waals surface area contributed by atoms with Crippen molar-refractivity contribution in [2.45, 2.75) is 6.42 Å². The third-order valence-electron chi connectivity index (χ3n) is 2.44. The summed E-state index contributed by atoms with van der Waals surface area (Å²) in [6, 6.07) is 5.46. The first-order valence-electron chi connectivity index (χ1n) is 5.30. The van der Waals surface area contributed by atoms with Crippen LogP contribution in [0.15, 0.2) is 30.3 Å². The first-order valence-corrected chi connectivity index (χ1v) is 5.30. The highest BCUT2D eigenvalue weighted by molar-refractivity contribution is 5.70. The molecule has 1 aromatic carbocycles. The molecule has 2 rings (SSSR count). The second-order valence-corrected chi connectivity index (χ2v) is 3.80. The molecule has 0 atom stereocenters. The maximum atomic E-state index is 13.6. The largest absolute Gasteiger partial charge is 0.481 e. The molecule has 0 radical (unpaired) electrons. The Kier molecular flexibility index (Phi) is 3.50. The molecule has 0 aliphatic rings. The van der Waals surface area contributed by atoms with Crippen LogP contribution in [0.4, 0.5) is 13.2 Å². The molecule has 0 bridgehead atoms. The summed E-state index contributed by atoms with van der Waals surface area (Å²) in [7, 11) is 0. The standard InChI is InChI=1S/C13H8F3NO2/c14-9-3-1-2-8(12(9)16)13-10(15)5-4-7(17-13)6-11(18)19/h1-5H,6H2,(H,18,19). The number of pyridine rings is 1. The van der Waals surface area contributed by atoms with Gasteiger partial charge in [-0.2, -0.15) is 0 Å². The minimum atomic E-state index is -1.22. The normalized spacial score (nSPS) is 10.5. The highest BCUT2D eigenvalue weighted by Gasteiger charge is 2.16. The molecular formula is C13H8F3NO2. The summed E-state index contributed by atoms with van der Waals surface area (Å²) in [6.07, 6.45) is -0.426. The molecule has 0 spiro atoms. The number of halogens is 3. The van der Waals surface area contributed by atoms with Crippen LogP contribution in [0.1, 0.15) is 5.69 Å². The van der Waals surface area contributed by atoms with Gasteiger partial charge in [-0.05, 0) is 24.3 Å². The van der Waals surface area contributed by atoms with Gasteiger partial charge in [0.1, 0.15) is 11.5 Å². The Balaban J connectivity index is 2.54. The number of rotatable bonds is 3. The van der Waals surface area contributed by atoms with Gasteiger partial charge in [0.05, 0.1) is 12.1 Å². The number of carboxylic acids is 1. The zero-order chi connectivity index (χ0) is 14.0. The fraction of sp³-hybridized carbons (Fsp3) is 0.0769. The van der Waals surface area contributed by atoms with E-state index in [0.29, 0.717) is 0 Å². The summed E-state index contributed by atoms with van der Waals surface area (Å²) in [5.41, 5.74) is -0.687. The van der Waals surface area contributed by atoms with Gasteiger partial charge < -0.3 is 5.11 Å². The van der Waals surface area contributed by atoms with Crippen LogP contribution >= 0.6 is 0 Å². The molecule has 0 saturated carbocycles. The van der Waals surface area contributed by atoms with E-state index in [0.717, 1.165) is 12.1 Å². The average Bonchev–Trinajstić information content (AvgIpc) is 2.35. The second kappa shape index (κ2) is 5.09. The van der Waals surface area contributed by atoms with Crippen LogP contribution < -0.4 is 0 Å². The molecule has 1 aromatic heterocycles. The van der Waals surface area contributed by atoms with Crippen molar-refractivity contribution in [1.29, 1.82) is 0 Å². The van der Waals surface area contributed by atoms with E-state index in [1.54, 1.807) is 0 Å². The number of benzene rings is 1. The molecule has 0 aliphatic heterocycles. The van der Waals surface area contributed by atoms with Crippen molar-refractivity contribution < 1.29 is 23.1 Å². The van der Waals surface area contributed by atoms with E-state index in [9.17, 15) is 18.0 Å². The van der Waals surface area contributed by atoms with E-state index in [1.807, 2.05) is 0 Å². The van der Waals surface area contributed by atoms with Gasteiger partial charge in [-0.1, -0.05) is 6.07 Å². The highest BCUT2D eigenvalue weighted by Crippen LogP contribution is 2.25. The van der Waals surface area contributed by atoms with Crippen molar-refractivity contribution in [1.82, 2.24) is 4.98 Å². The molecule has 0 fully saturated rings. The summed E-state index contributed by atoms with van der Waals surface area (Å²) in [6.45, 7) is 0. The third-order valence-corrected chi connectivity index (χ3v) is 2.44. The van der Waals surface area contributed by atoms with E-state index in [4.69, 9.17) is 5.11 Å². The van der Waals surface area contributed by atoms with E-state index in [1.165, 1.54) is 18.2 Å². The Morgan fingerprint density at radius 3 is 2.53 bits per heavy atom. The number of aromatic nitrogens is 1. The van der Waals surface area contributed by atoms with E-state index in [-0.39, 0.29) is 11.3 Å². The fourth-order valence-electron chi connectivity index (χ4n) is 1.61. The maximum absolute atomic E-state index is 13.6. The quantitative estimate of drug-likeness (QED) is 0.930. The lowest BCUT2D eigenvalue weighted by Gasteiger charge is -2.06. The zero-order valence-corrected chi connectivity index (χ0v) is 9.53. The van der Waals surface area contributed by atoms with Gasteiger partial charge in [-0.15, -0.1) is 0 Å². The van der Waals surface area contributed by atoms with Crippen LogP contribution in [0, 0.1) is 17.5 Å². The Morgan fingerprint density at radius 2 is 1.84 bits per heavy atom. The topological polar surface area (TPSA) is 50.2 Å². The summed E-state index contributed by atoms with van der Waals surface area (Å²) < 4.78 is 40.3. The van der Waals surface area contributed by atoms with Crippen LogP contribution in [0.5, 0.6) is 0 Å². The number of nitrogens with zero attached hydrogens (tertiary/aromatic N) is 1.